The van der Waals surface area contributed by atoms with E-state index >= 15 is 0 Å². The lowest BCUT2D eigenvalue weighted by atomic mass is 10.3. The summed E-state index contributed by atoms with van der Waals surface area (Å²) in [5.74, 6) is 0.160. The molecule has 1 aliphatic rings. The van der Waals surface area contributed by atoms with Crippen LogP contribution < -0.4 is 10.6 Å². The van der Waals surface area contributed by atoms with E-state index in [0.29, 0.717) is 19.6 Å². The number of hydrogen-bond donors (Lipinski definition) is 2. The first-order chi connectivity index (χ1) is 8.03. The van der Waals surface area contributed by atoms with E-state index in [0.717, 1.165) is 0 Å². The summed E-state index contributed by atoms with van der Waals surface area (Å²) >= 11 is 0. The maximum atomic E-state index is 11.3. The molecule has 0 aromatic rings. The van der Waals surface area contributed by atoms with Crippen LogP contribution in [0.3, 0.4) is 0 Å². The number of carbonyl (C=O) groups excluding carboxylic acids is 1. The van der Waals surface area contributed by atoms with Crippen molar-refractivity contribution in [3.8, 4) is 0 Å². The molecule has 100 valence electrons. The second-order valence-electron chi connectivity index (χ2n) is 3.80. The molecule has 2 N–H and O–H groups in total. The molecule has 0 aromatic carbocycles. The predicted molar refractivity (Wildman–Crippen MR) is 61.4 cm³/mol. The van der Waals surface area contributed by atoms with Crippen molar-refractivity contribution in [3.05, 3.63) is 0 Å². The van der Waals surface area contributed by atoms with Gasteiger partial charge in [0, 0.05) is 13.2 Å². The van der Waals surface area contributed by atoms with Crippen molar-refractivity contribution >= 4 is 15.9 Å². The minimum Gasteiger partial charge on any atom is -0.382 e. The number of hydrogen-bond acceptors (Lipinski definition) is 5. The van der Waals surface area contributed by atoms with Crippen molar-refractivity contribution in [2.45, 2.75) is 12.5 Å². The Hall–Kier alpha value is -0.860. The van der Waals surface area contributed by atoms with E-state index in [1.54, 1.807) is 7.11 Å². The van der Waals surface area contributed by atoms with Crippen molar-refractivity contribution in [1.82, 2.24) is 10.6 Å². The van der Waals surface area contributed by atoms with Crippen LogP contribution in [0.25, 0.3) is 0 Å². The molecule has 0 saturated carbocycles. The number of rotatable bonds is 6. The molecule has 1 atom stereocenters. The first kappa shape index (κ1) is 14.2. The third-order valence-corrected chi connectivity index (χ3v) is 4.10. The molecule has 1 fully saturated rings. The highest BCUT2D eigenvalue weighted by Crippen LogP contribution is 2.10. The predicted octanol–water partition coefficient (Wildman–Crippen LogP) is -0.907. The molecule has 0 radical (unpaired) electrons. The molecule has 7 nitrogen and oxygen atoms in total. The molecule has 8 heteroatoms. The summed E-state index contributed by atoms with van der Waals surface area (Å²) in [4.78, 5) is 11.3. The Bertz CT molecular complexity index is 343. The van der Waals surface area contributed by atoms with Crippen molar-refractivity contribution in [1.29, 1.82) is 0 Å². The third-order valence-electron chi connectivity index (χ3n) is 2.33. The van der Waals surface area contributed by atoms with Gasteiger partial charge in [-0.05, 0) is 6.42 Å². The van der Waals surface area contributed by atoms with E-state index in [1.165, 1.54) is 0 Å². The second kappa shape index (κ2) is 6.77. The fourth-order valence-electron chi connectivity index (χ4n) is 1.48. The van der Waals surface area contributed by atoms with Crippen LogP contribution in [-0.4, -0.2) is 59.1 Å². The van der Waals surface area contributed by atoms with Crippen molar-refractivity contribution < 1.29 is 22.7 Å². The highest BCUT2D eigenvalue weighted by atomic mass is 32.2. The molecule has 1 heterocycles. The summed E-state index contributed by atoms with van der Waals surface area (Å²) in [6.45, 7) is 0.938. The molecule has 0 aromatic heterocycles. The summed E-state index contributed by atoms with van der Waals surface area (Å²) in [5, 5.41) is 5.06. The van der Waals surface area contributed by atoms with Crippen LogP contribution in [0, 0.1) is 0 Å². The Kier molecular flexibility index (Phi) is 5.66. The quantitative estimate of drug-likeness (QED) is 0.479. The number of ether oxygens (including phenoxy) is 2. The van der Waals surface area contributed by atoms with Crippen LogP contribution in [-0.2, 0) is 19.3 Å². The summed E-state index contributed by atoms with van der Waals surface area (Å²) in [6.07, 6.45) is 0.473. The zero-order valence-corrected chi connectivity index (χ0v) is 10.6. The topological polar surface area (TPSA) is 93.7 Å². The van der Waals surface area contributed by atoms with Crippen molar-refractivity contribution in [2.75, 3.05) is 38.6 Å². The van der Waals surface area contributed by atoms with Gasteiger partial charge in [0.15, 0.2) is 9.84 Å². The van der Waals surface area contributed by atoms with Gasteiger partial charge in [-0.3, -0.25) is 0 Å². The molecular formula is C9H18N2O5S. The largest absolute Gasteiger partial charge is 0.382 e. The lowest BCUT2D eigenvalue weighted by Gasteiger charge is -2.12. The van der Waals surface area contributed by atoms with Crippen LogP contribution in [0.1, 0.15) is 6.42 Å². The Labute approximate surface area is 101 Å². The van der Waals surface area contributed by atoms with Gasteiger partial charge in [0.05, 0.1) is 24.7 Å². The molecule has 1 unspecified atom stereocenters. The average Bonchev–Trinajstić information content (AvgIpc) is 2.57. The number of methoxy groups -OCH3 is 1. The van der Waals surface area contributed by atoms with Crippen molar-refractivity contribution in [2.24, 2.45) is 0 Å². The summed E-state index contributed by atoms with van der Waals surface area (Å²) in [5.41, 5.74) is 0. The van der Waals surface area contributed by atoms with E-state index in [-0.39, 0.29) is 24.3 Å². The van der Waals surface area contributed by atoms with E-state index in [9.17, 15) is 13.2 Å². The molecule has 2 amide bonds. The SMILES string of the molecule is COCCOCNC(=O)NC1CCS(=O)(=O)C1. The van der Waals surface area contributed by atoms with Gasteiger partial charge in [-0.2, -0.15) is 0 Å². The molecule has 1 rings (SSSR count). The maximum absolute atomic E-state index is 11.3. The van der Waals surface area contributed by atoms with E-state index in [2.05, 4.69) is 10.6 Å². The molecule has 0 spiro atoms. The Morgan fingerprint density at radius 2 is 2.18 bits per heavy atom. The number of sulfone groups is 1. The van der Waals surface area contributed by atoms with Gasteiger partial charge in [0.1, 0.15) is 6.73 Å². The van der Waals surface area contributed by atoms with Gasteiger partial charge >= 0.3 is 6.03 Å². The third kappa shape index (κ3) is 5.85. The summed E-state index contributed by atoms with van der Waals surface area (Å²) in [6, 6.07) is -0.705. The van der Waals surface area contributed by atoms with Gasteiger partial charge in [-0.1, -0.05) is 0 Å². The fraction of sp³-hybridized carbons (Fsp3) is 0.889. The van der Waals surface area contributed by atoms with Gasteiger partial charge < -0.3 is 20.1 Å². The number of urea groups is 1. The molecule has 17 heavy (non-hydrogen) atoms. The number of amides is 2. The van der Waals surface area contributed by atoms with Crippen LogP contribution in [0.5, 0.6) is 0 Å². The minimum absolute atomic E-state index is 0.0188. The van der Waals surface area contributed by atoms with E-state index in [4.69, 9.17) is 9.47 Å². The Morgan fingerprint density at radius 1 is 1.41 bits per heavy atom. The lowest BCUT2D eigenvalue weighted by molar-refractivity contribution is 0.0641. The summed E-state index contributed by atoms with van der Waals surface area (Å²) < 4.78 is 32.1. The van der Waals surface area contributed by atoms with Crippen LogP contribution in [0.2, 0.25) is 0 Å². The zero-order valence-electron chi connectivity index (χ0n) is 9.77. The van der Waals surface area contributed by atoms with Crippen LogP contribution in [0.4, 0.5) is 4.79 Å². The van der Waals surface area contributed by atoms with Crippen LogP contribution >= 0.6 is 0 Å². The number of nitrogens with one attached hydrogen (secondary N) is 2. The normalized spacial score (nSPS) is 22.3. The average molecular weight is 266 g/mol. The Morgan fingerprint density at radius 3 is 2.76 bits per heavy atom. The van der Waals surface area contributed by atoms with Gasteiger partial charge in [-0.15, -0.1) is 0 Å². The minimum atomic E-state index is -2.96. The van der Waals surface area contributed by atoms with Gasteiger partial charge in [0.25, 0.3) is 0 Å². The second-order valence-corrected chi connectivity index (χ2v) is 6.02. The molecule has 0 bridgehead atoms. The van der Waals surface area contributed by atoms with Crippen molar-refractivity contribution in [3.63, 3.8) is 0 Å². The molecule has 1 saturated heterocycles. The Balaban J connectivity index is 2.09. The highest BCUT2D eigenvalue weighted by Gasteiger charge is 2.28. The maximum Gasteiger partial charge on any atom is 0.316 e. The standard InChI is InChI=1S/C9H18N2O5S/c1-15-3-4-16-7-10-9(12)11-8-2-5-17(13,14)6-8/h8H,2-7H2,1H3,(H2,10,11,12). The van der Waals surface area contributed by atoms with Gasteiger partial charge in [-0.25, -0.2) is 13.2 Å². The first-order valence-electron chi connectivity index (χ1n) is 5.35. The smallest absolute Gasteiger partial charge is 0.316 e. The highest BCUT2D eigenvalue weighted by molar-refractivity contribution is 7.91. The first-order valence-corrected chi connectivity index (χ1v) is 7.17. The van der Waals surface area contributed by atoms with Gasteiger partial charge in [0.2, 0.25) is 0 Å². The molecule has 1 aliphatic heterocycles. The number of carbonyl (C=O) groups is 1. The lowest BCUT2D eigenvalue weighted by Crippen LogP contribution is -2.43. The molecular weight excluding hydrogens is 248 g/mol. The van der Waals surface area contributed by atoms with Crippen LogP contribution in [0.15, 0.2) is 0 Å². The fourth-order valence-corrected chi connectivity index (χ4v) is 3.15. The summed E-state index contributed by atoms with van der Waals surface area (Å²) in [7, 11) is -1.40. The van der Waals surface area contributed by atoms with E-state index < -0.39 is 15.9 Å². The zero-order chi connectivity index (χ0) is 12.7. The molecule has 0 aliphatic carbocycles. The van der Waals surface area contributed by atoms with E-state index in [1.807, 2.05) is 0 Å². The monoisotopic (exact) mass is 266 g/mol.